The van der Waals surface area contributed by atoms with Crippen LogP contribution in [0.4, 0.5) is 20.5 Å². The Labute approximate surface area is 163 Å². The highest BCUT2D eigenvalue weighted by atomic mass is 19.3. The van der Waals surface area contributed by atoms with E-state index in [0.29, 0.717) is 49.4 Å². The Morgan fingerprint density at radius 1 is 1.11 bits per heavy atom. The normalized spacial score (nSPS) is 28.4. The summed E-state index contributed by atoms with van der Waals surface area (Å²) in [6, 6.07) is 2.25. The van der Waals surface area contributed by atoms with Crippen molar-refractivity contribution in [2.75, 3.05) is 10.6 Å². The molecule has 28 heavy (non-hydrogen) atoms. The Morgan fingerprint density at radius 3 is 2.57 bits per heavy atom. The van der Waals surface area contributed by atoms with E-state index in [1.165, 1.54) is 6.20 Å². The Hall–Kier alpha value is -2.05. The van der Waals surface area contributed by atoms with E-state index in [1.807, 2.05) is 0 Å². The fourth-order valence-corrected chi connectivity index (χ4v) is 3.97. The first-order valence-corrected chi connectivity index (χ1v) is 9.95. The summed E-state index contributed by atoms with van der Waals surface area (Å²) in [5.41, 5.74) is 0.360. The third-order valence-electron chi connectivity index (χ3n) is 5.45. The second-order valence-corrected chi connectivity index (χ2v) is 7.60. The largest absolute Gasteiger partial charge is 0.393 e. The maximum atomic E-state index is 12.3. The van der Waals surface area contributed by atoms with Crippen molar-refractivity contribution in [1.29, 1.82) is 5.26 Å². The van der Waals surface area contributed by atoms with Crippen molar-refractivity contribution < 1.29 is 18.6 Å². The van der Waals surface area contributed by atoms with Gasteiger partial charge in [-0.05, 0) is 44.9 Å². The van der Waals surface area contributed by atoms with E-state index in [4.69, 9.17) is 0 Å². The van der Waals surface area contributed by atoms with Crippen LogP contribution < -0.4 is 10.6 Å². The van der Waals surface area contributed by atoms with E-state index < -0.39 is 12.7 Å². The number of aromatic nitrogens is 2. The number of ether oxygens (including phenoxy) is 1. The van der Waals surface area contributed by atoms with Crippen molar-refractivity contribution in [2.45, 2.75) is 88.7 Å². The van der Waals surface area contributed by atoms with Crippen LogP contribution in [-0.4, -0.2) is 46.0 Å². The number of anilines is 2. The van der Waals surface area contributed by atoms with Crippen LogP contribution in [0, 0.1) is 11.3 Å². The highest BCUT2D eigenvalue weighted by Crippen LogP contribution is 2.26. The number of alkyl halides is 2. The Morgan fingerprint density at radius 2 is 1.86 bits per heavy atom. The lowest BCUT2D eigenvalue weighted by Gasteiger charge is -2.29. The maximum Gasteiger partial charge on any atom is 0.345 e. The molecule has 0 radical (unpaired) electrons. The van der Waals surface area contributed by atoms with Gasteiger partial charge >= 0.3 is 6.61 Å². The van der Waals surface area contributed by atoms with Gasteiger partial charge in [-0.25, -0.2) is 4.98 Å². The van der Waals surface area contributed by atoms with Crippen LogP contribution in [0.2, 0.25) is 0 Å². The lowest BCUT2D eigenvalue weighted by atomic mass is 9.93. The molecule has 2 aliphatic rings. The number of hydrogen-bond acceptors (Lipinski definition) is 7. The van der Waals surface area contributed by atoms with Gasteiger partial charge in [0, 0.05) is 12.1 Å². The zero-order chi connectivity index (χ0) is 19.9. The number of aliphatic hydroxyl groups is 1. The standard InChI is InChI=1S/C19H27F2N5O2/c20-18(21)28-16-7-5-13(6-8-16)25-19-23-11-12(10-22)17(26-19)24-14-3-1-2-4-15(27)9-14/h11,13-16,18,27H,1-9H2,(H2,23,24,25,26)/t13?,14-,15-,16?/m1/s1. The Bertz CT molecular complexity index is 677. The number of rotatable bonds is 6. The molecule has 0 unspecified atom stereocenters. The summed E-state index contributed by atoms with van der Waals surface area (Å²) in [4.78, 5) is 8.68. The van der Waals surface area contributed by atoms with Gasteiger partial charge < -0.3 is 20.5 Å². The van der Waals surface area contributed by atoms with Gasteiger partial charge in [0.15, 0.2) is 0 Å². The summed E-state index contributed by atoms with van der Waals surface area (Å²) in [6.45, 7) is -2.73. The summed E-state index contributed by atoms with van der Waals surface area (Å²) in [5.74, 6) is 0.878. The topological polar surface area (TPSA) is 103 Å². The van der Waals surface area contributed by atoms with E-state index in [2.05, 4.69) is 31.4 Å². The quantitative estimate of drug-likeness (QED) is 0.634. The van der Waals surface area contributed by atoms with Gasteiger partial charge in [-0.15, -0.1) is 0 Å². The van der Waals surface area contributed by atoms with Gasteiger partial charge in [-0.2, -0.15) is 19.0 Å². The molecule has 1 aromatic heterocycles. The Balaban J connectivity index is 1.60. The van der Waals surface area contributed by atoms with E-state index >= 15 is 0 Å². The van der Waals surface area contributed by atoms with Gasteiger partial charge in [0.05, 0.1) is 18.4 Å². The van der Waals surface area contributed by atoms with Crippen LogP contribution in [0.1, 0.15) is 63.4 Å². The highest BCUT2D eigenvalue weighted by Gasteiger charge is 2.25. The molecule has 2 saturated carbocycles. The van der Waals surface area contributed by atoms with Crippen molar-refractivity contribution >= 4 is 11.8 Å². The minimum atomic E-state index is -2.73. The molecule has 0 amide bonds. The number of nitriles is 1. The van der Waals surface area contributed by atoms with Crippen molar-refractivity contribution in [2.24, 2.45) is 0 Å². The van der Waals surface area contributed by atoms with Crippen LogP contribution in [0.3, 0.4) is 0 Å². The van der Waals surface area contributed by atoms with Crippen LogP contribution in [0.25, 0.3) is 0 Å². The monoisotopic (exact) mass is 395 g/mol. The molecule has 9 heteroatoms. The minimum absolute atomic E-state index is 0.0642. The van der Waals surface area contributed by atoms with Crippen LogP contribution >= 0.6 is 0 Å². The van der Waals surface area contributed by atoms with Crippen molar-refractivity contribution in [3.8, 4) is 6.07 Å². The fraction of sp³-hybridized carbons (Fsp3) is 0.737. The maximum absolute atomic E-state index is 12.3. The van der Waals surface area contributed by atoms with E-state index in [0.717, 1.165) is 25.7 Å². The van der Waals surface area contributed by atoms with Crippen molar-refractivity contribution in [1.82, 2.24) is 9.97 Å². The highest BCUT2D eigenvalue weighted by molar-refractivity contribution is 5.54. The number of aliphatic hydroxyl groups excluding tert-OH is 1. The summed E-state index contributed by atoms with van der Waals surface area (Å²) < 4.78 is 29.2. The predicted molar refractivity (Wildman–Crippen MR) is 100 cm³/mol. The molecule has 0 bridgehead atoms. The van der Waals surface area contributed by atoms with Gasteiger partial charge in [0.2, 0.25) is 5.95 Å². The molecule has 1 heterocycles. The number of halogens is 2. The molecule has 0 aromatic carbocycles. The first-order chi connectivity index (χ1) is 13.5. The minimum Gasteiger partial charge on any atom is -0.393 e. The lowest BCUT2D eigenvalue weighted by Crippen LogP contribution is -2.31. The molecule has 7 nitrogen and oxygen atoms in total. The lowest BCUT2D eigenvalue weighted by molar-refractivity contribution is -0.169. The Kier molecular flexibility index (Phi) is 7.34. The molecule has 2 fully saturated rings. The summed E-state index contributed by atoms with van der Waals surface area (Å²) in [5, 5.41) is 25.9. The van der Waals surface area contributed by atoms with Crippen LogP contribution in [0.5, 0.6) is 0 Å². The van der Waals surface area contributed by atoms with Crippen molar-refractivity contribution in [3.05, 3.63) is 11.8 Å². The second-order valence-electron chi connectivity index (χ2n) is 7.60. The molecule has 2 aliphatic carbocycles. The zero-order valence-electron chi connectivity index (χ0n) is 15.8. The third-order valence-corrected chi connectivity index (χ3v) is 5.45. The SMILES string of the molecule is N#Cc1cnc(NC2CCC(OC(F)F)CC2)nc1N[C@@H]1CCCC[C@@H](O)C1. The van der Waals surface area contributed by atoms with E-state index in [9.17, 15) is 19.1 Å². The van der Waals surface area contributed by atoms with Crippen LogP contribution in [-0.2, 0) is 4.74 Å². The van der Waals surface area contributed by atoms with Crippen molar-refractivity contribution in [3.63, 3.8) is 0 Å². The van der Waals surface area contributed by atoms with Gasteiger partial charge in [-0.3, -0.25) is 0 Å². The molecule has 0 aliphatic heterocycles. The van der Waals surface area contributed by atoms with Gasteiger partial charge in [-0.1, -0.05) is 12.8 Å². The van der Waals surface area contributed by atoms with E-state index in [1.54, 1.807) is 0 Å². The zero-order valence-corrected chi connectivity index (χ0v) is 15.8. The fourth-order valence-electron chi connectivity index (χ4n) is 3.97. The van der Waals surface area contributed by atoms with Gasteiger partial charge in [0.25, 0.3) is 0 Å². The molecule has 2 atom stereocenters. The molecular weight excluding hydrogens is 368 g/mol. The summed E-state index contributed by atoms with van der Waals surface area (Å²) >= 11 is 0. The average molecular weight is 395 g/mol. The number of nitrogens with zero attached hydrogens (tertiary/aromatic N) is 3. The molecule has 3 rings (SSSR count). The molecule has 154 valence electrons. The molecule has 3 N–H and O–H groups in total. The predicted octanol–water partition coefficient (Wildman–Crippen LogP) is 3.42. The molecule has 1 aromatic rings. The molecular formula is C19H27F2N5O2. The molecule has 0 saturated heterocycles. The number of nitrogens with one attached hydrogen (secondary N) is 2. The third kappa shape index (κ3) is 5.97. The second kappa shape index (κ2) is 9.94. The average Bonchev–Trinajstić information content (AvgIpc) is 2.87. The molecule has 0 spiro atoms. The smallest absolute Gasteiger partial charge is 0.345 e. The first-order valence-electron chi connectivity index (χ1n) is 9.95. The number of hydrogen-bond donors (Lipinski definition) is 3. The van der Waals surface area contributed by atoms with Crippen LogP contribution in [0.15, 0.2) is 6.20 Å². The van der Waals surface area contributed by atoms with Gasteiger partial charge in [0.1, 0.15) is 17.5 Å². The van der Waals surface area contributed by atoms with E-state index in [-0.39, 0.29) is 18.2 Å². The first kappa shape index (κ1) is 20.7. The summed E-state index contributed by atoms with van der Waals surface area (Å²) in [7, 11) is 0. The summed E-state index contributed by atoms with van der Waals surface area (Å²) in [6.07, 6.45) is 7.62.